The van der Waals surface area contributed by atoms with Crippen LogP contribution in [0.15, 0.2) is 35.4 Å². The SMILES string of the molecule is CNc1cc(C)c(C(C)C2=CCCC=C2C)cc1C. The Morgan fingerprint density at radius 3 is 2.32 bits per heavy atom. The van der Waals surface area contributed by atoms with Crippen molar-refractivity contribution in [2.75, 3.05) is 12.4 Å². The largest absolute Gasteiger partial charge is 0.388 e. The van der Waals surface area contributed by atoms with Gasteiger partial charge in [0.25, 0.3) is 0 Å². The summed E-state index contributed by atoms with van der Waals surface area (Å²) in [6.07, 6.45) is 7.17. The first-order chi connectivity index (χ1) is 9.04. The Balaban J connectivity index is 2.39. The molecule has 0 aliphatic heterocycles. The van der Waals surface area contributed by atoms with E-state index in [-0.39, 0.29) is 0 Å². The molecule has 1 nitrogen and oxygen atoms in total. The van der Waals surface area contributed by atoms with Gasteiger partial charge < -0.3 is 5.32 Å². The minimum absolute atomic E-state index is 0.487. The van der Waals surface area contributed by atoms with E-state index < -0.39 is 0 Å². The second-order valence-electron chi connectivity index (χ2n) is 5.62. The van der Waals surface area contributed by atoms with Gasteiger partial charge in [0, 0.05) is 18.7 Å². The molecule has 0 heterocycles. The van der Waals surface area contributed by atoms with E-state index in [9.17, 15) is 0 Å². The molecule has 1 aromatic carbocycles. The summed E-state index contributed by atoms with van der Waals surface area (Å²) in [6.45, 7) is 8.97. The lowest BCUT2D eigenvalue weighted by Gasteiger charge is -2.23. The Labute approximate surface area is 117 Å². The molecule has 0 amide bonds. The standard InChI is InChI=1S/C18H25N/c1-12-8-6-7-9-16(12)15(4)17-10-14(3)18(19-5)11-13(17)2/h8-11,15,19H,6-7H2,1-5H3. The van der Waals surface area contributed by atoms with E-state index >= 15 is 0 Å². The van der Waals surface area contributed by atoms with Crippen molar-refractivity contribution in [3.63, 3.8) is 0 Å². The van der Waals surface area contributed by atoms with Crippen molar-refractivity contribution in [3.8, 4) is 0 Å². The second-order valence-corrected chi connectivity index (χ2v) is 5.62. The molecule has 0 fully saturated rings. The highest BCUT2D eigenvalue weighted by Gasteiger charge is 2.17. The zero-order chi connectivity index (χ0) is 14.0. The summed E-state index contributed by atoms with van der Waals surface area (Å²) in [5, 5.41) is 3.26. The minimum Gasteiger partial charge on any atom is -0.388 e. The summed E-state index contributed by atoms with van der Waals surface area (Å²) in [4.78, 5) is 0. The Hall–Kier alpha value is -1.50. The number of nitrogens with one attached hydrogen (secondary N) is 1. The lowest BCUT2D eigenvalue weighted by atomic mass is 9.82. The highest BCUT2D eigenvalue weighted by molar-refractivity contribution is 5.57. The number of rotatable bonds is 3. The first-order valence-electron chi connectivity index (χ1n) is 7.20. The monoisotopic (exact) mass is 255 g/mol. The maximum Gasteiger partial charge on any atom is 0.0370 e. The van der Waals surface area contributed by atoms with Crippen LogP contribution in [0.3, 0.4) is 0 Å². The van der Waals surface area contributed by atoms with Gasteiger partial charge in [-0.1, -0.05) is 30.7 Å². The van der Waals surface area contributed by atoms with Crippen molar-refractivity contribution < 1.29 is 0 Å². The summed E-state index contributed by atoms with van der Waals surface area (Å²) in [6, 6.07) is 4.61. The third kappa shape index (κ3) is 2.75. The molecular weight excluding hydrogens is 230 g/mol. The highest BCUT2D eigenvalue weighted by atomic mass is 14.8. The van der Waals surface area contributed by atoms with Crippen molar-refractivity contribution in [2.45, 2.75) is 46.5 Å². The zero-order valence-corrected chi connectivity index (χ0v) is 12.8. The number of hydrogen-bond donors (Lipinski definition) is 1. The smallest absolute Gasteiger partial charge is 0.0370 e. The van der Waals surface area contributed by atoms with Crippen molar-refractivity contribution in [1.29, 1.82) is 0 Å². The van der Waals surface area contributed by atoms with Crippen LogP contribution in [0.25, 0.3) is 0 Å². The van der Waals surface area contributed by atoms with Gasteiger partial charge >= 0.3 is 0 Å². The molecule has 2 rings (SSSR count). The van der Waals surface area contributed by atoms with Gasteiger partial charge in [-0.2, -0.15) is 0 Å². The molecule has 102 valence electrons. The van der Waals surface area contributed by atoms with E-state index in [0.29, 0.717) is 5.92 Å². The van der Waals surface area contributed by atoms with E-state index in [1.165, 1.54) is 46.4 Å². The predicted octanol–water partition coefficient (Wildman–Crippen LogP) is 5.12. The van der Waals surface area contributed by atoms with Gasteiger partial charge in [-0.05, 0) is 61.9 Å². The van der Waals surface area contributed by atoms with Gasteiger partial charge in [0.05, 0.1) is 0 Å². The zero-order valence-electron chi connectivity index (χ0n) is 12.8. The van der Waals surface area contributed by atoms with Gasteiger partial charge in [0.1, 0.15) is 0 Å². The van der Waals surface area contributed by atoms with Crippen LogP contribution in [0.2, 0.25) is 0 Å². The van der Waals surface area contributed by atoms with Crippen LogP contribution in [0, 0.1) is 13.8 Å². The predicted molar refractivity (Wildman–Crippen MR) is 85.0 cm³/mol. The van der Waals surface area contributed by atoms with Crippen LogP contribution >= 0.6 is 0 Å². The molecule has 0 bridgehead atoms. The van der Waals surface area contributed by atoms with Crippen molar-refractivity contribution in [1.82, 2.24) is 0 Å². The first-order valence-corrected chi connectivity index (χ1v) is 7.20. The Kier molecular flexibility index (Phi) is 4.14. The maximum absolute atomic E-state index is 3.26. The topological polar surface area (TPSA) is 12.0 Å². The summed E-state index contributed by atoms with van der Waals surface area (Å²) >= 11 is 0. The van der Waals surface area contributed by atoms with Gasteiger partial charge in [0.2, 0.25) is 0 Å². The van der Waals surface area contributed by atoms with Crippen LogP contribution in [-0.4, -0.2) is 7.05 Å². The van der Waals surface area contributed by atoms with Crippen molar-refractivity contribution in [2.24, 2.45) is 0 Å². The van der Waals surface area contributed by atoms with Crippen molar-refractivity contribution in [3.05, 3.63) is 52.1 Å². The molecule has 1 N–H and O–H groups in total. The quantitative estimate of drug-likeness (QED) is 0.791. The molecule has 0 saturated carbocycles. The Morgan fingerprint density at radius 2 is 1.68 bits per heavy atom. The molecule has 19 heavy (non-hydrogen) atoms. The molecule has 1 aromatic rings. The molecule has 0 spiro atoms. The van der Waals surface area contributed by atoms with E-state index in [2.05, 4.69) is 57.3 Å². The molecule has 1 atom stereocenters. The van der Waals surface area contributed by atoms with Gasteiger partial charge in [-0.15, -0.1) is 0 Å². The lowest BCUT2D eigenvalue weighted by molar-refractivity contribution is 0.849. The first kappa shape index (κ1) is 13.9. The molecule has 0 radical (unpaired) electrons. The summed E-state index contributed by atoms with van der Waals surface area (Å²) in [7, 11) is 1.99. The van der Waals surface area contributed by atoms with Gasteiger partial charge in [-0.3, -0.25) is 0 Å². The number of anilines is 1. The summed E-state index contributed by atoms with van der Waals surface area (Å²) in [5.41, 5.74) is 8.35. The molecule has 1 heteroatoms. The molecule has 1 aliphatic rings. The van der Waals surface area contributed by atoms with Crippen molar-refractivity contribution >= 4 is 5.69 Å². The van der Waals surface area contributed by atoms with Crippen LogP contribution in [0.5, 0.6) is 0 Å². The van der Waals surface area contributed by atoms with Crippen LogP contribution in [0.1, 0.15) is 49.3 Å². The fraction of sp³-hybridized carbons (Fsp3) is 0.444. The Bertz CT molecular complexity index is 535. The average Bonchev–Trinajstić information content (AvgIpc) is 2.40. The van der Waals surface area contributed by atoms with Gasteiger partial charge in [-0.25, -0.2) is 0 Å². The molecule has 0 aromatic heterocycles. The van der Waals surface area contributed by atoms with E-state index in [0.717, 1.165) is 0 Å². The average molecular weight is 255 g/mol. The maximum atomic E-state index is 3.26. The summed E-state index contributed by atoms with van der Waals surface area (Å²) < 4.78 is 0. The number of aryl methyl sites for hydroxylation is 2. The van der Waals surface area contributed by atoms with Crippen LogP contribution < -0.4 is 5.32 Å². The Morgan fingerprint density at radius 1 is 1.00 bits per heavy atom. The van der Waals surface area contributed by atoms with E-state index in [1.54, 1.807) is 0 Å². The fourth-order valence-electron chi connectivity index (χ4n) is 3.08. The molecule has 0 saturated heterocycles. The van der Waals surface area contributed by atoms with E-state index in [4.69, 9.17) is 0 Å². The minimum atomic E-state index is 0.487. The third-order valence-corrected chi connectivity index (χ3v) is 4.25. The van der Waals surface area contributed by atoms with Crippen LogP contribution in [0.4, 0.5) is 5.69 Å². The normalized spacial score (nSPS) is 16.7. The molecule has 1 unspecified atom stereocenters. The number of hydrogen-bond acceptors (Lipinski definition) is 1. The van der Waals surface area contributed by atoms with Crippen LogP contribution in [-0.2, 0) is 0 Å². The van der Waals surface area contributed by atoms with Gasteiger partial charge in [0.15, 0.2) is 0 Å². The second kappa shape index (κ2) is 5.64. The number of allylic oxidation sites excluding steroid dienone is 4. The fourth-order valence-corrected chi connectivity index (χ4v) is 3.08. The molecule has 1 aliphatic carbocycles. The third-order valence-electron chi connectivity index (χ3n) is 4.25. The van der Waals surface area contributed by atoms with E-state index in [1.807, 2.05) is 7.05 Å². The summed E-state index contributed by atoms with van der Waals surface area (Å²) in [5.74, 6) is 0.487. The molecular formula is C18H25N. The lowest BCUT2D eigenvalue weighted by Crippen LogP contribution is -2.06. The highest BCUT2D eigenvalue weighted by Crippen LogP contribution is 2.35. The number of benzene rings is 1.